The molecule has 0 aliphatic carbocycles. The number of aryl methyl sites for hydroxylation is 2. The predicted octanol–water partition coefficient (Wildman–Crippen LogP) is 3.45. The molecule has 0 aromatic heterocycles. The number of ether oxygens (including phenoxy) is 1. The van der Waals surface area contributed by atoms with Crippen molar-refractivity contribution in [2.75, 3.05) is 10.8 Å². The summed E-state index contributed by atoms with van der Waals surface area (Å²) < 4.78 is 32.5. The smallest absolute Gasteiger partial charge is 0.327 e. The average molecular weight is 361 g/mol. The van der Waals surface area contributed by atoms with Crippen LogP contribution in [0.1, 0.15) is 25.0 Å². The van der Waals surface area contributed by atoms with E-state index < -0.39 is 16.0 Å². The fourth-order valence-electron chi connectivity index (χ4n) is 2.52. The molecule has 2 aromatic rings. The quantitative estimate of drug-likeness (QED) is 0.739. The lowest BCUT2D eigenvalue weighted by atomic mass is 10.1. The Balaban J connectivity index is 2.50. The van der Waals surface area contributed by atoms with Crippen LogP contribution in [0.5, 0.6) is 0 Å². The summed E-state index contributed by atoms with van der Waals surface area (Å²) in [5.41, 5.74) is 2.26. The van der Waals surface area contributed by atoms with Crippen LogP contribution in [0.4, 0.5) is 5.69 Å². The summed E-state index contributed by atoms with van der Waals surface area (Å²) in [5, 5.41) is 0. The molecule has 0 saturated carbocycles. The summed E-state index contributed by atoms with van der Waals surface area (Å²) >= 11 is 0. The van der Waals surface area contributed by atoms with Gasteiger partial charge >= 0.3 is 5.97 Å². The molecule has 5 nitrogen and oxygen atoms in total. The first kappa shape index (κ1) is 19.0. The van der Waals surface area contributed by atoms with E-state index in [9.17, 15) is 13.2 Å². The Morgan fingerprint density at radius 3 is 2.28 bits per heavy atom. The zero-order valence-corrected chi connectivity index (χ0v) is 15.7. The topological polar surface area (TPSA) is 63.7 Å². The molecular weight excluding hydrogens is 338 g/mol. The summed E-state index contributed by atoms with van der Waals surface area (Å²) in [4.78, 5) is 12.3. The first-order valence-corrected chi connectivity index (χ1v) is 9.50. The second-order valence-electron chi connectivity index (χ2n) is 6.15. The second kappa shape index (κ2) is 7.70. The Labute approximate surface area is 149 Å². The van der Waals surface area contributed by atoms with E-state index >= 15 is 0 Å². The van der Waals surface area contributed by atoms with E-state index in [0.29, 0.717) is 5.69 Å². The van der Waals surface area contributed by atoms with Crippen LogP contribution in [0.15, 0.2) is 53.4 Å². The van der Waals surface area contributed by atoms with E-state index in [1.54, 1.807) is 38.1 Å². The molecule has 0 unspecified atom stereocenters. The Kier molecular flexibility index (Phi) is 5.85. The summed E-state index contributed by atoms with van der Waals surface area (Å²) in [7, 11) is -3.89. The Morgan fingerprint density at radius 2 is 1.72 bits per heavy atom. The number of benzene rings is 2. The summed E-state index contributed by atoms with van der Waals surface area (Å²) in [6.07, 6.45) is -0.312. The van der Waals surface area contributed by atoms with Gasteiger partial charge in [0.15, 0.2) is 0 Å². The Hall–Kier alpha value is -2.34. The van der Waals surface area contributed by atoms with Crippen LogP contribution < -0.4 is 4.31 Å². The normalized spacial score (nSPS) is 11.4. The molecule has 0 spiro atoms. The van der Waals surface area contributed by atoms with Gasteiger partial charge in [-0.05, 0) is 51.5 Å². The van der Waals surface area contributed by atoms with Crippen LogP contribution in [0.3, 0.4) is 0 Å². The maximum Gasteiger partial charge on any atom is 0.327 e. The first-order valence-electron chi connectivity index (χ1n) is 8.06. The van der Waals surface area contributed by atoms with Gasteiger partial charge in [-0.25, -0.2) is 8.42 Å². The third kappa shape index (κ3) is 4.60. The van der Waals surface area contributed by atoms with Gasteiger partial charge in [-0.3, -0.25) is 9.10 Å². The molecule has 0 aliphatic heterocycles. The van der Waals surface area contributed by atoms with Gasteiger partial charge in [0.25, 0.3) is 10.0 Å². The summed E-state index contributed by atoms with van der Waals surface area (Å²) in [6, 6.07) is 13.5. The number of hydrogen-bond donors (Lipinski definition) is 0. The monoisotopic (exact) mass is 361 g/mol. The van der Waals surface area contributed by atoms with Crippen molar-refractivity contribution in [3.63, 3.8) is 0 Å². The van der Waals surface area contributed by atoms with Crippen molar-refractivity contribution in [3.8, 4) is 0 Å². The third-order valence-corrected chi connectivity index (χ3v) is 5.37. The molecule has 6 heteroatoms. The maximum absolute atomic E-state index is 13.1. The number of nitrogens with zero attached hydrogens (tertiary/aromatic N) is 1. The van der Waals surface area contributed by atoms with Crippen LogP contribution in [0, 0.1) is 13.8 Å². The standard InChI is InChI=1S/C19H23NO4S/c1-14(2)24-19(21)13-20(18-11-10-15(3)12-16(18)4)25(22,23)17-8-6-5-7-9-17/h5-12,14H,13H2,1-4H3. The van der Waals surface area contributed by atoms with E-state index in [1.807, 2.05) is 26.0 Å². The fraction of sp³-hybridized carbons (Fsp3) is 0.316. The van der Waals surface area contributed by atoms with Crippen molar-refractivity contribution in [3.05, 3.63) is 59.7 Å². The van der Waals surface area contributed by atoms with Crippen LogP contribution in [0.25, 0.3) is 0 Å². The van der Waals surface area contributed by atoms with E-state index in [1.165, 1.54) is 12.1 Å². The molecule has 0 N–H and O–H groups in total. The molecule has 0 bridgehead atoms. The van der Waals surface area contributed by atoms with Gasteiger partial charge in [0.2, 0.25) is 0 Å². The van der Waals surface area contributed by atoms with Crippen molar-refractivity contribution in [2.24, 2.45) is 0 Å². The highest BCUT2D eigenvalue weighted by Gasteiger charge is 2.28. The minimum absolute atomic E-state index is 0.132. The lowest BCUT2D eigenvalue weighted by Gasteiger charge is -2.26. The van der Waals surface area contributed by atoms with Crippen molar-refractivity contribution in [1.29, 1.82) is 0 Å². The van der Waals surface area contributed by atoms with Crippen LogP contribution in [-0.2, 0) is 19.6 Å². The molecule has 2 rings (SSSR count). The van der Waals surface area contributed by atoms with Gasteiger partial charge in [-0.15, -0.1) is 0 Å². The highest BCUT2D eigenvalue weighted by atomic mass is 32.2. The zero-order chi connectivity index (χ0) is 18.6. The highest BCUT2D eigenvalue weighted by Crippen LogP contribution is 2.27. The van der Waals surface area contributed by atoms with Crippen LogP contribution in [-0.4, -0.2) is 27.0 Å². The number of carbonyl (C=O) groups is 1. The van der Waals surface area contributed by atoms with Gasteiger partial charge in [0.05, 0.1) is 16.7 Å². The number of carbonyl (C=O) groups excluding carboxylic acids is 1. The molecule has 0 radical (unpaired) electrons. The van der Waals surface area contributed by atoms with Gasteiger partial charge in [0.1, 0.15) is 6.54 Å². The zero-order valence-electron chi connectivity index (χ0n) is 14.9. The van der Waals surface area contributed by atoms with E-state index in [0.717, 1.165) is 15.4 Å². The van der Waals surface area contributed by atoms with Gasteiger partial charge < -0.3 is 4.74 Å². The predicted molar refractivity (Wildman–Crippen MR) is 98.1 cm³/mol. The molecule has 0 heterocycles. The molecule has 0 atom stereocenters. The molecule has 0 saturated heterocycles. The second-order valence-corrected chi connectivity index (χ2v) is 8.02. The van der Waals surface area contributed by atoms with Crippen molar-refractivity contribution in [1.82, 2.24) is 0 Å². The molecule has 134 valence electrons. The van der Waals surface area contributed by atoms with Crippen molar-refractivity contribution < 1.29 is 17.9 Å². The molecule has 0 fully saturated rings. The molecule has 0 aliphatic rings. The molecule has 25 heavy (non-hydrogen) atoms. The van der Waals surface area contributed by atoms with E-state index in [4.69, 9.17) is 4.74 Å². The number of anilines is 1. The SMILES string of the molecule is Cc1ccc(N(CC(=O)OC(C)C)S(=O)(=O)c2ccccc2)c(C)c1. The minimum atomic E-state index is -3.89. The highest BCUT2D eigenvalue weighted by molar-refractivity contribution is 7.92. The Bertz CT molecular complexity index is 845. The van der Waals surface area contributed by atoms with E-state index in [2.05, 4.69) is 0 Å². The molecule has 2 aromatic carbocycles. The lowest BCUT2D eigenvalue weighted by Crippen LogP contribution is -2.37. The van der Waals surface area contributed by atoms with Crippen molar-refractivity contribution >= 4 is 21.7 Å². The summed E-state index contributed by atoms with van der Waals surface area (Å²) in [6.45, 7) is 6.83. The first-order chi connectivity index (χ1) is 11.7. The number of rotatable bonds is 6. The maximum atomic E-state index is 13.1. The number of sulfonamides is 1. The van der Waals surface area contributed by atoms with Crippen LogP contribution in [0.2, 0.25) is 0 Å². The van der Waals surface area contributed by atoms with Crippen molar-refractivity contribution in [2.45, 2.75) is 38.7 Å². The number of esters is 1. The number of hydrogen-bond acceptors (Lipinski definition) is 4. The minimum Gasteiger partial charge on any atom is -0.462 e. The van der Waals surface area contributed by atoms with Crippen LogP contribution >= 0.6 is 0 Å². The van der Waals surface area contributed by atoms with Gasteiger partial charge in [0, 0.05) is 0 Å². The average Bonchev–Trinajstić information content (AvgIpc) is 2.53. The molecular formula is C19H23NO4S. The third-order valence-electron chi connectivity index (χ3n) is 3.59. The van der Waals surface area contributed by atoms with Gasteiger partial charge in [-0.2, -0.15) is 0 Å². The summed E-state index contributed by atoms with van der Waals surface area (Å²) in [5.74, 6) is -0.588. The van der Waals surface area contributed by atoms with Gasteiger partial charge in [-0.1, -0.05) is 35.9 Å². The molecule has 0 amide bonds. The van der Waals surface area contributed by atoms with E-state index in [-0.39, 0.29) is 17.5 Å². The Morgan fingerprint density at radius 1 is 1.08 bits per heavy atom. The lowest BCUT2D eigenvalue weighted by molar-refractivity contribution is -0.145. The fourth-order valence-corrected chi connectivity index (χ4v) is 4.02. The largest absolute Gasteiger partial charge is 0.462 e.